The number of ether oxygens (including phenoxy) is 3. The quantitative estimate of drug-likeness (QED) is 0.728. The highest BCUT2D eigenvalue weighted by atomic mass is 16.6. The number of carbonyl (C=O) groups excluding carboxylic acids is 3. The predicted molar refractivity (Wildman–Crippen MR) is 97.5 cm³/mol. The van der Waals surface area contributed by atoms with Crippen LogP contribution in [0.2, 0.25) is 0 Å². The van der Waals surface area contributed by atoms with E-state index in [4.69, 9.17) is 19.3 Å². The molecular formula is C18H35NO7. The molecule has 0 aromatic carbocycles. The standard InChI is InChI=1S/C6H11NO2.C6H12O3.C6H12O2/c1-6(8)7-2-4-9-5-3-7;1-5(8)9-6(2,3)4-7;1-5(7)8-6(2,3)4/h2-5H2,1H3;7H,4H2,1-3H3;1-4H3. The van der Waals surface area contributed by atoms with Gasteiger partial charge in [0, 0.05) is 33.9 Å². The summed E-state index contributed by atoms with van der Waals surface area (Å²) in [6.45, 7) is 15.9. The summed E-state index contributed by atoms with van der Waals surface area (Å²) in [4.78, 5) is 33.0. The first kappa shape index (κ1) is 26.6. The van der Waals surface area contributed by atoms with Gasteiger partial charge in [-0.15, -0.1) is 0 Å². The smallest absolute Gasteiger partial charge is 0.303 e. The molecule has 0 aromatic heterocycles. The van der Waals surface area contributed by atoms with E-state index in [1.807, 2.05) is 20.8 Å². The molecule has 0 saturated carbocycles. The minimum atomic E-state index is -0.730. The molecule has 1 saturated heterocycles. The molecule has 1 aliphatic rings. The van der Waals surface area contributed by atoms with Gasteiger partial charge in [0.15, 0.2) is 0 Å². The predicted octanol–water partition coefficient (Wildman–Crippen LogP) is 1.53. The highest BCUT2D eigenvalue weighted by Crippen LogP contribution is 2.06. The molecule has 26 heavy (non-hydrogen) atoms. The Hall–Kier alpha value is -1.67. The second kappa shape index (κ2) is 12.6. The summed E-state index contributed by atoms with van der Waals surface area (Å²) < 4.78 is 14.6. The highest BCUT2D eigenvalue weighted by Gasteiger charge is 2.18. The van der Waals surface area contributed by atoms with Crippen molar-refractivity contribution < 1.29 is 33.7 Å². The number of hydrogen-bond donors (Lipinski definition) is 1. The Morgan fingerprint density at radius 1 is 0.923 bits per heavy atom. The fourth-order valence-corrected chi connectivity index (χ4v) is 1.73. The lowest BCUT2D eigenvalue weighted by Gasteiger charge is -2.25. The van der Waals surface area contributed by atoms with Gasteiger partial charge in [-0.1, -0.05) is 0 Å². The van der Waals surface area contributed by atoms with Crippen molar-refractivity contribution in [2.24, 2.45) is 0 Å². The molecule has 0 bridgehead atoms. The lowest BCUT2D eigenvalue weighted by Crippen LogP contribution is -2.39. The van der Waals surface area contributed by atoms with Gasteiger partial charge in [-0.2, -0.15) is 0 Å². The van der Waals surface area contributed by atoms with Crippen molar-refractivity contribution in [1.82, 2.24) is 4.90 Å². The van der Waals surface area contributed by atoms with Crippen molar-refractivity contribution >= 4 is 17.8 Å². The number of morpholine rings is 1. The number of nitrogens with zero attached hydrogens (tertiary/aromatic N) is 1. The Bertz CT molecular complexity index is 435. The van der Waals surface area contributed by atoms with Gasteiger partial charge in [0.1, 0.15) is 11.2 Å². The largest absolute Gasteiger partial charge is 0.460 e. The Morgan fingerprint density at radius 3 is 1.50 bits per heavy atom. The van der Waals surface area contributed by atoms with Gasteiger partial charge in [-0.05, 0) is 34.6 Å². The number of esters is 2. The van der Waals surface area contributed by atoms with Gasteiger partial charge in [0.2, 0.25) is 5.91 Å². The summed E-state index contributed by atoms with van der Waals surface area (Å²) >= 11 is 0. The summed E-state index contributed by atoms with van der Waals surface area (Å²) in [7, 11) is 0. The number of hydrogen-bond acceptors (Lipinski definition) is 7. The molecule has 0 aromatic rings. The summed E-state index contributed by atoms with van der Waals surface area (Å²) in [5, 5.41) is 8.57. The third kappa shape index (κ3) is 18.7. The van der Waals surface area contributed by atoms with Crippen molar-refractivity contribution in [2.45, 2.75) is 66.6 Å². The number of rotatable bonds is 2. The van der Waals surface area contributed by atoms with Crippen LogP contribution in [-0.4, -0.2) is 72.0 Å². The Balaban J connectivity index is 0. The van der Waals surface area contributed by atoms with Crippen LogP contribution in [0.1, 0.15) is 55.4 Å². The zero-order valence-corrected chi connectivity index (χ0v) is 17.4. The van der Waals surface area contributed by atoms with Crippen LogP contribution >= 0.6 is 0 Å². The number of aliphatic hydroxyl groups excluding tert-OH is 1. The minimum absolute atomic E-state index is 0.146. The monoisotopic (exact) mass is 377 g/mol. The maximum atomic E-state index is 10.7. The van der Waals surface area contributed by atoms with E-state index in [2.05, 4.69) is 0 Å². The lowest BCUT2D eigenvalue weighted by molar-refractivity contribution is -0.157. The van der Waals surface area contributed by atoms with Crippen LogP contribution in [0.15, 0.2) is 0 Å². The molecule has 1 aliphatic heterocycles. The normalized spacial score (nSPS) is 14.1. The van der Waals surface area contributed by atoms with Gasteiger partial charge in [0.25, 0.3) is 0 Å². The van der Waals surface area contributed by atoms with Crippen LogP contribution in [0, 0.1) is 0 Å². The Kier molecular flexibility index (Phi) is 12.9. The van der Waals surface area contributed by atoms with Gasteiger partial charge >= 0.3 is 11.9 Å². The molecule has 0 radical (unpaired) electrons. The van der Waals surface area contributed by atoms with Crippen molar-refractivity contribution in [3.8, 4) is 0 Å². The van der Waals surface area contributed by atoms with Crippen molar-refractivity contribution in [2.75, 3.05) is 32.9 Å². The summed E-state index contributed by atoms with van der Waals surface area (Å²) in [5.74, 6) is -0.440. The molecule has 0 aliphatic carbocycles. The summed E-state index contributed by atoms with van der Waals surface area (Å²) in [6, 6.07) is 0. The van der Waals surface area contributed by atoms with E-state index in [1.54, 1.807) is 25.7 Å². The Labute approximate surface area is 156 Å². The molecule has 0 unspecified atom stereocenters. The number of carbonyl (C=O) groups is 3. The molecule has 0 atom stereocenters. The van der Waals surface area contributed by atoms with Crippen LogP contribution in [0.25, 0.3) is 0 Å². The molecule has 8 nitrogen and oxygen atoms in total. The first-order valence-corrected chi connectivity index (χ1v) is 8.53. The second-order valence-corrected chi connectivity index (χ2v) is 7.34. The van der Waals surface area contributed by atoms with Crippen molar-refractivity contribution in [3.05, 3.63) is 0 Å². The van der Waals surface area contributed by atoms with Crippen molar-refractivity contribution in [1.29, 1.82) is 0 Å². The third-order valence-corrected chi connectivity index (χ3v) is 2.71. The zero-order valence-electron chi connectivity index (χ0n) is 17.4. The Morgan fingerprint density at radius 2 is 1.35 bits per heavy atom. The third-order valence-electron chi connectivity index (χ3n) is 2.71. The van der Waals surface area contributed by atoms with Crippen LogP contribution in [0.4, 0.5) is 0 Å². The van der Waals surface area contributed by atoms with E-state index in [9.17, 15) is 14.4 Å². The van der Waals surface area contributed by atoms with E-state index in [0.29, 0.717) is 13.2 Å². The van der Waals surface area contributed by atoms with Crippen LogP contribution in [-0.2, 0) is 28.6 Å². The van der Waals surface area contributed by atoms with Crippen molar-refractivity contribution in [3.63, 3.8) is 0 Å². The van der Waals surface area contributed by atoms with Gasteiger partial charge in [-0.25, -0.2) is 0 Å². The summed E-state index contributed by atoms with van der Waals surface area (Å²) in [5.41, 5.74) is -1.06. The molecule has 0 spiro atoms. The molecule has 1 rings (SSSR count). The molecule has 1 N–H and O–H groups in total. The lowest BCUT2D eigenvalue weighted by atomic mass is 10.1. The molecule has 154 valence electrons. The van der Waals surface area contributed by atoms with Gasteiger partial charge < -0.3 is 24.2 Å². The average molecular weight is 377 g/mol. The van der Waals surface area contributed by atoms with Crippen LogP contribution < -0.4 is 0 Å². The molecular weight excluding hydrogens is 342 g/mol. The van der Waals surface area contributed by atoms with E-state index in [0.717, 1.165) is 13.1 Å². The SMILES string of the molecule is CC(=O)N1CCOCC1.CC(=O)OC(C)(C)C.CC(=O)OC(C)(C)CO. The van der Waals surface area contributed by atoms with Gasteiger partial charge in [0.05, 0.1) is 19.8 Å². The van der Waals surface area contributed by atoms with E-state index >= 15 is 0 Å². The number of amides is 1. The molecule has 1 fully saturated rings. The van der Waals surface area contributed by atoms with Crippen LogP contribution in [0.3, 0.4) is 0 Å². The van der Waals surface area contributed by atoms with E-state index < -0.39 is 5.60 Å². The second-order valence-electron chi connectivity index (χ2n) is 7.34. The molecule has 8 heteroatoms. The maximum absolute atomic E-state index is 10.7. The van der Waals surface area contributed by atoms with E-state index in [-0.39, 0.29) is 30.1 Å². The van der Waals surface area contributed by atoms with E-state index in [1.165, 1.54) is 13.8 Å². The van der Waals surface area contributed by atoms with Crippen LogP contribution in [0.5, 0.6) is 0 Å². The average Bonchev–Trinajstić information content (AvgIpc) is 2.45. The summed E-state index contributed by atoms with van der Waals surface area (Å²) in [6.07, 6.45) is 0. The highest BCUT2D eigenvalue weighted by molar-refractivity contribution is 5.73. The van der Waals surface area contributed by atoms with Gasteiger partial charge in [-0.3, -0.25) is 14.4 Å². The number of aliphatic hydroxyl groups is 1. The molecule has 1 heterocycles. The first-order valence-electron chi connectivity index (χ1n) is 8.53. The minimum Gasteiger partial charge on any atom is -0.460 e. The fourth-order valence-electron chi connectivity index (χ4n) is 1.73. The zero-order chi connectivity index (χ0) is 21.0. The fraction of sp³-hybridized carbons (Fsp3) is 0.833. The topological polar surface area (TPSA) is 102 Å². The molecule has 1 amide bonds. The maximum Gasteiger partial charge on any atom is 0.303 e. The first-order chi connectivity index (χ1) is 11.7.